The van der Waals surface area contributed by atoms with Crippen LogP contribution in [-0.2, 0) is 23.5 Å². The highest BCUT2D eigenvalue weighted by molar-refractivity contribution is 7.85. The van der Waals surface area contributed by atoms with Crippen LogP contribution < -0.4 is 15.7 Å². The van der Waals surface area contributed by atoms with Crippen LogP contribution in [0.5, 0.6) is 0 Å². The van der Waals surface area contributed by atoms with Gasteiger partial charge in [0, 0.05) is 0 Å². The van der Waals surface area contributed by atoms with E-state index in [1.807, 2.05) is 36.4 Å². The van der Waals surface area contributed by atoms with Crippen molar-refractivity contribution in [3.8, 4) is 0 Å². The van der Waals surface area contributed by atoms with Crippen LogP contribution in [-0.4, -0.2) is 53.9 Å². The number of rotatable bonds is 9. The van der Waals surface area contributed by atoms with Gasteiger partial charge in [-0.2, -0.15) is 8.42 Å². The van der Waals surface area contributed by atoms with Gasteiger partial charge in [0.1, 0.15) is 5.60 Å². The van der Waals surface area contributed by atoms with E-state index >= 15 is 0 Å². The maximum Gasteiger partial charge on any atom is 0.408 e. The summed E-state index contributed by atoms with van der Waals surface area (Å²) < 4.78 is 40.5. The second-order valence-corrected chi connectivity index (χ2v) is 16.3. The summed E-state index contributed by atoms with van der Waals surface area (Å²) in [5.74, 6) is 0. The highest BCUT2D eigenvalue weighted by Crippen LogP contribution is 2.36. The molecule has 0 bridgehead atoms. The quantitative estimate of drug-likeness (QED) is 0.413. The number of nitrogens with one attached hydrogen (secondary N) is 1. The Morgan fingerprint density at radius 3 is 1.74 bits per heavy atom. The van der Waals surface area contributed by atoms with Gasteiger partial charge in [-0.15, -0.1) is 0 Å². The Bertz CT molecular complexity index is 991. The Kier molecular flexibility index (Phi) is 9.09. The number of hydrogen-bond acceptors (Lipinski definition) is 6. The van der Waals surface area contributed by atoms with Crippen LogP contribution in [0.25, 0.3) is 0 Å². The monoisotopic (exact) mass is 507 g/mol. The number of amides is 1. The maximum atomic E-state index is 12.5. The van der Waals surface area contributed by atoms with Crippen molar-refractivity contribution < 1.29 is 26.6 Å². The fourth-order valence-corrected chi connectivity index (χ4v) is 8.82. The van der Waals surface area contributed by atoms with E-state index in [0.717, 1.165) is 16.6 Å². The molecule has 0 spiro atoms. The summed E-state index contributed by atoms with van der Waals surface area (Å²) in [6, 6.07) is 19.4. The molecule has 7 nitrogen and oxygen atoms in total. The van der Waals surface area contributed by atoms with Crippen molar-refractivity contribution in [1.29, 1.82) is 0 Å². The van der Waals surface area contributed by atoms with Gasteiger partial charge in [-0.25, -0.2) is 4.79 Å². The molecule has 0 saturated heterocycles. The Labute approximate surface area is 205 Å². The van der Waals surface area contributed by atoms with E-state index in [1.54, 1.807) is 20.8 Å². The van der Waals surface area contributed by atoms with Crippen molar-refractivity contribution in [3.63, 3.8) is 0 Å². The maximum absolute atomic E-state index is 12.5. The van der Waals surface area contributed by atoms with Crippen molar-refractivity contribution in [2.45, 2.75) is 58.2 Å². The number of benzene rings is 2. The average molecular weight is 508 g/mol. The van der Waals surface area contributed by atoms with Gasteiger partial charge < -0.3 is 14.5 Å². The second kappa shape index (κ2) is 11.0. The molecule has 0 aliphatic rings. The zero-order valence-electron chi connectivity index (χ0n) is 21.1. The minimum absolute atomic E-state index is 0.0437. The van der Waals surface area contributed by atoms with E-state index in [1.165, 1.54) is 0 Å². The molecule has 1 N–H and O–H groups in total. The summed E-state index contributed by atoms with van der Waals surface area (Å²) in [6.45, 7) is 11.5. The first-order chi connectivity index (χ1) is 15.6. The number of hydrogen-bond donors (Lipinski definition) is 1. The smallest absolute Gasteiger partial charge is 0.408 e. The summed E-state index contributed by atoms with van der Waals surface area (Å²) in [4.78, 5) is 12.5. The lowest BCUT2D eigenvalue weighted by Gasteiger charge is -2.43. The van der Waals surface area contributed by atoms with E-state index in [9.17, 15) is 13.2 Å². The molecule has 1 atom stereocenters. The normalized spacial score (nSPS) is 13.9. The fourth-order valence-electron chi connectivity index (χ4n) is 3.80. The lowest BCUT2D eigenvalue weighted by Crippen LogP contribution is -2.67. The first kappa shape index (κ1) is 28.0. The standard InChI is InChI=1S/C25H37NO6SSi/c1-24(2,3)32-23(27)26-20(18-30-33(7,28)29)19-31-34(25(4,5)6,21-14-10-8-11-15-21)22-16-12-9-13-17-22/h8-17,20H,18-19H2,1-7H3,(H,26,27)/t20-/m0/s1. The Morgan fingerprint density at radius 2 is 1.35 bits per heavy atom. The van der Waals surface area contributed by atoms with Gasteiger partial charge in [-0.05, 0) is 36.2 Å². The summed E-state index contributed by atoms with van der Waals surface area (Å²) in [5.41, 5.74) is -0.703. The molecule has 0 fully saturated rings. The molecule has 0 radical (unpaired) electrons. The molecule has 0 aromatic heterocycles. The number of alkyl carbamates (subject to hydrolysis) is 1. The first-order valence-electron chi connectivity index (χ1n) is 11.2. The Hall–Kier alpha value is -2.20. The number of ether oxygens (including phenoxy) is 1. The molecule has 1 amide bonds. The van der Waals surface area contributed by atoms with Crippen molar-refractivity contribution in [2.24, 2.45) is 0 Å². The fraction of sp³-hybridized carbons (Fsp3) is 0.480. The molecular formula is C25H37NO6SSi. The van der Waals surface area contributed by atoms with E-state index in [4.69, 9.17) is 13.3 Å². The van der Waals surface area contributed by atoms with Gasteiger partial charge in [0.15, 0.2) is 0 Å². The van der Waals surface area contributed by atoms with Crippen molar-refractivity contribution in [2.75, 3.05) is 19.5 Å². The van der Waals surface area contributed by atoms with Gasteiger partial charge in [-0.3, -0.25) is 4.18 Å². The molecule has 0 saturated carbocycles. The van der Waals surface area contributed by atoms with Crippen LogP contribution in [0, 0.1) is 0 Å². The predicted octanol–water partition coefficient (Wildman–Crippen LogP) is 3.43. The van der Waals surface area contributed by atoms with Crippen LogP contribution in [0.1, 0.15) is 41.5 Å². The van der Waals surface area contributed by atoms with Gasteiger partial charge in [0.25, 0.3) is 18.4 Å². The summed E-state index contributed by atoms with van der Waals surface area (Å²) in [5, 5.41) is 4.60. The van der Waals surface area contributed by atoms with Crippen LogP contribution >= 0.6 is 0 Å². The molecule has 9 heteroatoms. The molecular weight excluding hydrogens is 470 g/mol. The SMILES string of the molecule is CC(C)(C)OC(=O)N[C@H](CO[Si](c1ccccc1)(c1ccccc1)C(C)(C)C)COS(C)(=O)=O. The molecule has 0 aliphatic carbocycles. The Balaban J connectivity index is 2.45. The van der Waals surface area contributed by atoms with E-state index in [2.05, 4.69) is 50.4 Å². The molecule has 2 rings (SSSR count). The minimum Gasteiger partial charge on any atom is -0.444 e. The molecule has 2 aromatic carbocycles. The largest absolute Gasteiger partial charge is 0.444 e. The number of carbonyl (C=O) groups is 1. The molecule has 0 heterocycles. The highest BCUT2D eigenvalue weighted by Gasteiger charge is 2.50. The van der Waals surface area contributed by atoms with Gasteiger partial charge in [-0.1, -0.05) is 81.4 Å². The lowest BCUT2D eigenvalue weighted by atomic mass is 10.2. The van der Waals surface area contributed by atoms with Crippen molar-refractivity contribution >= 4 is 34.9 Å². The predicted molar refractivity (Wildman–Crippen MR) is 138 cm³/mol. The lowest BCUT2D eigenvalue weighted by molar-refractivity contribution is 0.0464. The van der Waals surface area contributed by atoms with E-state index < -0.39 is 36.2 Å². The molecule has 0 unspecified atom stereocenters. The van der Waals surface area contributed by atoms with Crippen LogP contribution in [0.2, 0.25) is 5.04 Å². The molecule has 34 heavy (non-hydrogen) atoms. The zero-order valence-corrected chi connectivity index (χ0v) is 22.9. The molecule has 2 aromatic rings. The van der Waals surface area contributed by atoms with Crippen LogP contribution in [0.3, 0.4) is 0 Å². The molecule has 0 aliphatic heterocycles. The average Bonchev–Trinajstić information content (AvgIpc) is 2.71. The van der Waals surface area contributed by atoms with Crippen LogP contribution in [0.15, 0.2) is 60.7 Å². The zero-order chi connectivity index (χ0) is 25.6. The molecule has 188 valence electrons. The van der Waals surface area contributed by atoms with Crippen molar-refractivity contribution in [1.82, 2.24) is 5.32 Å². The van der Waals surface area contributed by atoms with Gasteiger partial charge in [0.2, 0.25) is 0 Å². The first-order valence-corrected chi connectivity index (χ1v) is 15.0. The van der Waals surface area contributed by atoms with Crippen LogP contribution in [0.4, 0.5) is 4.79 Å². The third-order valence-corrected chi connectivity index (χ3v) is 10.7. The summed E-state index contributed by atoms with van der Waals surface area (Å²) >= 11 is 0. The van der Waals surface area contributed by atoms with E-state index in [-0.39, 0.29) is 18.3 Å². The summed E-state index contributed by atoms with van der Waals surface area (Å²) in [6.07, 6.45) is 0.307. The number of carbonyl (C=O) groups excluding carboxylic acids is 1. The third kappa shape index (κ3) is 7.94. The van der Waals surface area contributed by atoms with Gasteiger partial charge in [0.05, 0.1) is 25.5 Å². The van der Waals surface area contributed by atoms with Crippen molar-refractivity contribution in [3.05, 3.63) is 60.7 Å². The topological polar surface area (TPSA) is 90.9 Å². The van der Waals surface area contributed by atoms with Gasteiger partial charge >= 0.3 is 6.09 Å². The Morgan fingerprint density at radius 1 is 0.882 bits per heavy atom. The third-order valence-electron chi connectivity index (χ3n) is 5.12. The van der Waals surface area contributed by atoms with E-state index in [0.29, 0.717) is 0 Å². The second-order valence-electron chi connectivity index (χ2n) is 10.3. The minimum atomic E-state index is -3.71. The summed E-state index contributed by atoms with van der Waals surface area (Å²) in [7, 11) is -6.59. The highest BCUT2D eigenvalue weighted by atomic mass is 32.2.